The van der Waals surface area contributed by atoms with Crippen LogP contribution in [0.4, 0.5) is 0 Å². The van der Waals surface area contributed by atoms with Crippen molar-refractivity contribution in [1.82, 2.24) is 4.90 Å². The maximum absolute atomic E-state index is 11.4. The fraction of sp³-hybridized carbons (Fsp3) is 0.600. The number of amides is 1. The Morgan fingerprint density at radius 2 is 2.14 bits per heavy atom. The number of aliphatic carboxylic acids is 1. The first-order valence-corrected chi connectivity index (χ1v) is 4.70. The Bertz CT molecular complexity index is 275. The summed E-state index contributed by atoms with van der Waals surface area (Å²) in [6.45, 7) is 5.48. The highest BCUT2D eigenvalue weighted by molar-refractivity contribution is 5.92. The number of piperidine rings is 1. The number of carboxylic acids is 1. The molecule has 0 aliphatic carbocycles. The first-order chi connectivity index (χ1) is 6.52. The number of hydrogen-bond donors (Lipinski definition) is 1. The summed E-state index contributed by atoms with van der Waals surface area (Å²) >= 11 is 0. The Morgan fingerprint density at radius 1 is 1.50 bits per heavy atom. The SMILES string of the molecule is C=CC(=O)N1CCCCC1(C)C(=O)O. The van der Waals surface area contributed by atoms with Crippen LogP contribution < -0.4 is 0 Å². The monoisotopic (exact) mass is 197 g/mol. The lowest BCUT2D eigenvalue weighted by Crippen LogP contribution is -2.57. The topological polar surface area (TPSA) is 57.6 Å². The molecule has 1 aliphatic heterocycles. The molecule has 1 atom stereocenters. The molecule has 1 heterocycles. The molecule has 4 heteroatoms. The summed E-state index contributed by atoms with van der Waals surface area (Å²) in [4.78, 5) is 23.9. The largest absolute Gasteiger partial charge is 0.480 e. The van der Waals surface area contributed by atoms with E-state index in [1.54, 1.807) is 6.92 Å². The highest BCUT2D eigenvalue weighted by Gasteiger charge is 2.42. The summed E-state index contributed by atoms with van der Waals surface area (Å²) in [6, 6.07) is 0. The van der Waals surface area contributed by atoms with Gasteiger partial charge in [0.25, 0.3) is 0 Å². The second kappa shape index (κ2) is 3.82. The van der Waals surface area contributed by atoms with E-state index in [2.05, 4.69) is 6.58 Å². The first kappa shape index (κ1) is 10.8. The van der Waals surface area contributed by atoms with E-state index >= 15 is 0 Å². The van der Waals surface area contributed by atoms with Gasteiger partial charge in [0.2, 0.25) is 5.91 Å². The minimum Gasteiger partial charge on any atom is -0.480 e. The van der Waals surface area contributed by atoms with Crippen LogP contribution in [0.3, 0.4) is 0 Å². The van der Waals surface area contributed by atoms with Crippen LogP contribution in [-0.4, -0.2) is 34.0 Å². The molecule has 1 fully saturated rings. The molecule has 0 aromatic heterocycles. The number of carboxylic acid groups (broad SMARTS) is 1. The normalized spacial score (nSPS) is 27.1. The zero-order chi connectivity index (χ0) is 10.8. The number of rotatable bonds is 2. The van der Waals surface area contributed by atoms with E-state index in [0.717, 1.165) is 12.8 Å². The number of nitrogens with zero attached hydrogens (tertiary/aromatic N) is 1. The maximum Gasteiger partial charge on any atom is 0.329 e. The van der Waals surface area contributed by atoms with Crippen molar-refractivity contribution in [3.63, 3.8) is 0 Å². The molecule has 0 radical (unpaired) electrons. The fourth-order valence-corrected chi connectivity index (χ4v) is 1.81. The van der Waals surface area contributed by atoms with Crippen molar-refractivity contribution < 1.29 is 14.7 Å². The van der Waals surface area contributed by atoms with Gasteiger partial charge in [-0.25, -0.2) is 4.79 Å². The number of hydrogen-bond acceptors (Lipinski definition) is 2. The summed E-state index contributed by atoms with van der Waals surface area (Å²) in [5, 5.41) is 9.08. The molecule has 1 amide bonds. The van der Waals surface area contributed by atoms with Crippen LogP contribution in [-0.2, 0) is 9.59 Å². The number of carbonyl (C=O) groups excluding carboxylic acids is 1. The average molecular weight is 197 g/mol. The summed E-state index contributed by atoms with van der Waals surface area (Å²) in [5.74, 6) is -1.23. The third kappa shape index (κ3) is 1.64. The number of likely N-dealkylation sites (tertiary alicyclic amines) is 1. The van der Waals surface area contributed by atoms with Gasteiger partial charge in [0.15, 0.2) is 0 Å². The molecular formula is C10H15NO3. The molecule has 78 valence electrons. The van der Waals surface area contributed by atoms with Crippen LogP contribution in [0.15, 0.2) is 12.7 Å². The maximum atomic E-state index is 11.4. The second-order valence-electron chi connectivity index (χ2n) is 3.73. The predicted molar refractivity (Wildman–Crippen MR) is 51.8 cm³/mol. The lowest BCUT2D eigenvalue weighted by molar-refractivity contribution is -0.158. The Labute approximate surface area is 83.2 Å². The third-order valence-corrected chi connectivity index (χ3v) is 2.79. The Balaban J connectivity index is 2.94. The molecule has 14 heavy (non-hydrogen) atoms. The fourth-order valence-electron chi connectivity index (χ4n) is 1.81. The van der Waals surface area contributed by atoms with Crippen molar-refractivity contribution in [2.75, 3.05) is 6.54 Å². The van der Waals surface area contributed by atoms with Crippen molar-refractivity contribution in [2.45, 2.75) is 31.7 Å². The van der Waals surface area contributed by atoms with E-state index in [9.17, 15) is 9.59 Å². The van der Waals surface area contributed by atoms with Gasteiger partial charge in [0.05, 0.1) is 0 Å². The summed E-state index contributed by atoms with van der Waals surface area (Å²) < 4.78 is 0. The van der Waals surface area contributed by atoms with Crippen LogP contribution >= 0.6 is 0 Å². The van der Waals surface area contributed by atoms with E-state index in [1.807, 2.05) is 0 Å². The lowest BCUT2D eigenvalue weighted by Gasteiger charge is -2.41. The van der Waals surface area contributed by atoms with Crippen LogP contribution in [0.2, 0.25) is 0 Å². The standard InChI is InChI=1S/C10H15NO3/c1-3-8(12)11-7-5-4-6-10(11,2)9(13)14/h3H,1,4-7H2,2H3,(H,13,14). The summed E-state index contributed by atoms with van der Waals surface area (Å²) in [5.41, 5.74) is -1.05. The molecule has 1 saturated heterocycles. The van der Waals surface area contributed by atoms with Gasteiger partial charge in [-0.15, -0.1) is 0 Å². The van der Waals surface area contributed by atoms with Crippen molar-refractivity contribution in [2.24, 2.45) is 0 Å². The van der Waals surface area contributed by atoms with Gasteiger partial charge in [0.1, 0.15) is 5.54 Å². The van der Waals surface area contributed by atoms with Crippen molar-refractivity contribution in [1.29, 1.82) is 0 Å². The van der Waals surface area contributed by atoms with Crippen LogP contribution in [0.25, 0.3) is 0 Å². The Kier molecular flexibility index (Phi) is 2.93. The van der Waals surface area contributed by atoms with E-state index in [0.29, 0.717) is 13.0 Å². The van der Waals surface area contributed by atoms with E-state index in [4.69, 9.17) is 5.11 Å². The van der Waals surface area contributed by atoms with Gasteiger partial charge >= 0.3 is 5.97 Å². The van der Waals surface area contributed by atoms with Crippen LogP contribution in [0, 0.1) is 0 Å². The van der Waals surface area contributed by atoms with Gasteiger partial charge in [0, 0.05) is 6.54 Å². The second-order valence-corrected chi connectivity index (χ2v) is 3.73. The minimum atomic E-state index is -1.05. The van der Waals surface area contributed by atoms with Crippen molar-refractivity contribution in [3.8, 4) is 0 Å². The Morgan fingerprint density at radius 3 is 2.64 bits per heavy atom. The highest BCUT2D eigenvalue weighted by Crippen LogP contribution is 2.28. The van der Waals surface area contributed by atoms with E-state index in [1.165, 1.54) is 11.0 Å². The molecule has 4 nitrogen and oxygen atoms in total. The van der Waals surface area contributed by atoms with Crippen LogP contribution in [0.5, 0.6) is 0 Å². The molecule has 0 saturated carbocycles. The van der Waals surface area contributed by atoms with Gasteiger partial charge in [-0.05, 0) is 32.3 Å². The van der Waals surface area contributed by atoms with Crippen molar-refractivity contribution in [3.05, 3.63) is 12.7 Å². The van der Waals surface area contributed by atoms with Gasteiger partial charge < -0.3 is 10.0 Å². The highest BCUT2D eigenvalue weighted by atomic mass is 16.4. The Hall–Kier alpha value is -1.32. The molecule has 0 aromatic rings. The van der Waals surface area contributed by atoms with E-state index in [-0.39, 0.29) is 5.91 Å². The van der Waals surface area contributed by atoms with Crippen molar-refractivity contribution >= 4 is 11.9 Å². The summed E-state index contributed by atoms with van der Waals surface area (Å²) in [7, 11) is 0. The van der Waals surface area contributed by atoms with Gasteiger partial charge in [-0.3, -0.25) is 4.79 Å². The van der Waals surface area contributed by atoms with E-state index < -0.39 is 11.5 Å². The molecule has 0 bridgehead atoms. The molecule has 1 N–H and O–H groups in total. The minimum absolute atomic E-state index is 0.297. The first-order valence-electron chi connectivity index (χ1n) is 4.70. The number of carbonyl (C=O) groups is 2. The third-order valence-electron chi connectivity index (χ3n) is 2.79. The van der Waals surface area contributed by atoms with Gasteiger partial charge in [-0.2, -0.15) is 0 Å². The molecule has 1 aliphatic rings. The zero-order valence-electron chi connectivity index (χ0n) is 8.32. The molecular weight excluding hydrogens is 182 g/mol. The predicted octanol–water partition coefficient (Wildman–Crippen LogP) is 1.03. The lowest BCUT2D eigenvalue weighted by atomic mass is 9.88. The molecule has 0 aromatic carbocycles. The molecule has 1 rings (SSSR count). The molecule has 0 spiro atoms. The quantitative estimate of drug-likeness (QED) is 0.672. The van der Waals surface area contributed by atoms with Gasteiger partial charge in [-0.1, -0.05) is 6.58 Å². The molecule has 1 unspecified atom stereocenters. The smallest absolute Gasteiger partial charge is 0.329 e. The summed E-state index contributed by atoms with van der Waals surface area (Å²) in [6.07, 6.45) is 3.40. The van der Waals surface area contributed by atoms with Crippen LogP contribution in [0.1, 0.15) is 26.2 Å². The average Bonchev–Trinajstić information content (AvgIpc) is 2.17. The zero-order valence-corrected chi connectivity index (χ0v) is 8.32.